The van der Waals surface area contributed by atoms with E-state index in [2.05, 4.69) is 25.1 Å². The molecule has 3 aromatic heterocycles. The van der Waals surface area contributed by atoms with Gasteiger partial charge in [-0.25, -0.2) is 9.97 Å². The molecule has 4 aromatic rings. The Morgan fingerprint density at radius 3 is 3.00 bits per heavy atom. The molecule has 0 unspecified atom stereocenters. The molecule has 0 saturated heterocycles. The summed E-state index contributed by atoms with van der Waals surface area (Å²) in [6.07, 6.45) is 3.14. The summed E-state index contributed by atoms with van der Waals surface area (Å²) in [5.74, 6) is 0.465. The van der Waals surface area contributed by atoms with Gasteiger partial charge >= 0.3 is 0 Å². The first-order valence-corrected chi connectivity index (χ1v) is 7.13. The van der Waals surface area contributed by atoms with Gasteiger partial charge in [0.2, 0.25) is 5.78 Å². The van der Waals surface area contributed by atoms with Crippen molar-refractivity contribution in [3.05, 3.63) is 52.7 Å². The summed E-state index contributed by atoms with van der Waals surface area (Å²) in [6.45, 7) is 0. The molecule has 0 fully saturated rings. The molecule has 4 rings (SSSR count). The van der Waals surface area contributed by atoms with Gasteiger partial charge < -0.3 is 4.98 Å². The van der Waals surface area contributed by atoms with Crippen LogP contribution in [0, 0.1) is 0 Å². The van der Waals surface area contributed by atoms with Crippen molar-refractivity contribution >= 4 is 28.0 Å². The molecule has 0 atom stereocenters. The van der Waals surface area contributed by atoms with E-state index in [1.165, 1.54) is 17.7 Å². The highest BCUT2D eigenvalue weighted by Gasteiger charge is 2.18. The molecule has 0 amide bonds. The Hall–Kier alpha value is -2.80. The molecule has 102 valence electrons. The zero-order valence-electron chi connectivity index (χ0n) is 10.7. The Morgan fingerprint density at radius 1 is 1.24 bits per heavy atom. The van der Waals surface area contributed by atoms with Crippen LogP contribution in [0.5, 0.6) is 0 Å². The zero-order chi connectivity index (χ0) is 14.2. The van der Waals surface area contributed by atoms with Crippen molar-refractivity contribution in [2.45, 2.75) is 0 Å². The molecule has 6 nitrogen and oxygen atoms in total. The fourth-order valence-electron chi connectivity index (χ4n) is 2.19. The summed E-state index contributed by atoms with van der Waals surface area (Å²) in [5, 5.41) is 9.65. The minimum Gasteiger partial charge on any atom is -0.360 e. The van der Waals surface area contributed by atoms with Crippen LogP contribution in [0.15, 0.2) is 42.2 Å². The third-order valence-corrected chi connectivity index (χ3v) is 4.03. The standard InChI is InChI=1S/C14H9N5OS/c20-12(9-5-15-10-4-2-1-3-8(9)10)14-18-11(6-21-14)13-16-7-17-19-13/h1-7,15H,(H,16,17,19). The first-order valence-electron chi connectivity index (χ1n) is 6.25. The smallest absolute Gasteiger partial charge is 0.223 e. The molecule has 0 aliphatic carbocycles. The fraction of sp³-hybridized carbons (Fsp3) is 0. The quantitative estimate of drug-likeness (QED) is 0.569. The molecule has 0 radical (unpaired) electrons. The zero-order valence-corrected chi connectivity index (χ0v) is 11.5. The average molecular weight is 295 g/mol. The molecular weight excluding hydrogens is 286 g/mol. The van der Waals surface area contributed by atoms with Crippen molar-refractivity contribution in [2.24, 2.45) is 0 Å². The number of fused-ring (bicyclic) bond motifs is 1. The molecule has 0 bridgehead atoms. The van der Waals surface area contributed by atoms with Crippen molar-refractivity contribution < 1.29 is 4.79 Å². The molecule has 0 spiro atoms. The Labute approximate surface area is 122 Å². The van der Waals surface area contributed by atoms with E-state index in [9.17, 15) is 4.79 Å². The number of H-pyrrole nitrogens is 2. The monoisotopic (exact) mass is 295 g/mol. The van der Waals surface area contributed by atoms with Gasteiger partial charge in [0, 0.05) is 22.5 Å². The first-order chi connectivity index (χ1) is 10.3. The van der Waals surface area contributed by atoms with Crippen LogP contribution in [-0.2, 0) is 0 Å². The highest BCUT2D eigenvalue weighted by Crippen LogP contribution is 2.24. The molecule has 0 aliphatic rings. The number of thiazole rings is 1. The number of nitrogens with zero attached hydrogens (tertiary/aromatic N) is 3. The second-order valence-electron chi connectivity index (χ2n) is 4.45. The summed E-state index contributed by atoms with van der Waals surface area (Å²) >= 11 is 1.30. The van der Waals surface area contributed by atoms with E-state index >= 15 is 0 Å². The van der Waals surface area contributed by atoms with E-state index in [-0.39, 0.29) is 5.78 Å². The van der Waals surface area contributed by atoms with E-state index in [4.69, 9.17) is 0 Å². The predicted octanol–water partition coefficient (Wildman–Crippen LogP) is 2.64. The fourth-order valence-corrected chi connectivity index (χ4v) is 2.95. The average Bonchev–Trinajstić information content (AvgIpc) is 3.25. The van der Waals surface area contributed by atoms with Crippen LogP contribution in [-0.4, -0.2) is 30.9 Å². The second kappa shape index (κ2) is 4.64. The number of ketones is 1. The number of carbonyl (C=O) groups excluding carboxylic acids is 1. The van der Waals surface area contributed by atoms with Crippen LogP contribution in [0.1, 0.15) is 15.4 Å². The van der Waals surface area contributed by atoms with Gasteiger partial charge in [-0.15, -0.1) is 11.3 Å². The van der Waals surface area contributed by atoms with E-state index in [1.54, 1.807) is 11.6 Å². The van der Waals surface area contributed by atoms with Crippen molar-refractivity contribution in [3.8, 4) is 11.5 Å². The van der Waals surface area contributed by atoms with Crippen LogP contribution in [0.3, 0.4) is 0 Å². The normalized spacial score (nSPS) is 11.0. The molecular formula is C14H9N5OS. The number of nitrogens with one attached hydrogen (secondary N) is 2. The number of rotatable bonds is 3. The van der Waals surface area contributed by atoms with Gasteiger partial charge in [-0.05, 0) is 6.07 Å². The molecule has 0 aliphatic heterocycles. The second-order valence-corrected chi connectivity index (χ2v) is 5.31. The minimum atomic E-state index is -0.0942. The van der Waals surface area contributed by atoms with E-state index in [1.807, 2.05) is 24.3 Å². The number of hydrogen-bond acceptors (Lipinski definition) is 5. The van der Waals surface area contributed by atoms with E-state index in [0.717, 1.165) is 10.9 Å². The van der Waals surface area contributed by atoms with Crippen LogP contribution in [0.2, 0.25) is 0 Å². The maximum absolute atomic E-state index is 12.6. The Bertz CT molecular complexity index is 922. The SMILES string of the molecule is O=C(c1nc(-c2ncn[nH]2)cs1)c1c[nH]c2ccccc12. The predicted molar refractivity (Wildman–Crippen MR) is 79.2 cm³/mol. The van der Waals surface area contributed by atoms with Crippen LogP contribution in [0.4, 0.5) is 0 Å². The van der Waals surface area contributed by atoms with Gasteiger partial charge in [0.05, 0.1) is 5.56 Å². The van der Waals surface area contributed by atoms with Crippen LogP contribution in [0.25, 0.3) is 22.4 Å². The molecule has 2 N–H and O–H groups in total. The third-order valence-electron chi connectivity index (χ3n) is 3.19. The molecule has 1 aromatic carbocycles. The van der Waals surface area contributed by atoms with Crippen LogP contribution >= 0.6 is 11.3 Å². The van der Waals surface area contributed by atoms with Gasteiger partial charge in [0.1, 0.15) is 12.0 Å². The van der Waals surface area contributed by atoms with Crippen molar-refractivity contribution in [2.75, 3.05) is 0 Å². The van der Waals surface area contributed by atoms with Gasteiger partial charge in [-0.2, -0.15) is 5.10 Å². The molecule has 21 heavy (non-hydrogen) atoms. The lowest BCUT2D eigenvalue weighted by Gasteiger charge is -1.94. The maximum Gasteiger partial charge on any atom is 0.223 e. The van der Waals surface area contributed by atoms with E-state index in [0.29, 0.717) is 22.1 Å². The molecule has 0 saturated carbocycles. The Morgan fingerprint density at radius 2 is 2.14 bits per heavy atom. The largest absolute Gasteiger partial charge is 0.360 e. The number of benzene rings is 1. The highest BCUT2D eigenvalue weighted by atomic mass is 32.1. The van der Waals surface area contributed by atoms with Crippen molar-refractivity contribution in [1.82, 2.24) is 25.1 Å². The van der Waals surface area contributed by atoms with Crippen LogP contribution < -0.4 is 0 Å². The maximum atomic E-state index is 12.6. The van der Waals surface area contributed by atoms with Crippen molar-refractivity contribution in [3.63, 3.8) is 0 Å². The summed E-state index contributed by atoms with van der Waals surface area (Å²) < 4.78 is 0. The lowest BCUT2D eigenvalue weighted by Crippen LogP contribution is -1.99. The molecule has 7 heteroatoms. The summed E-state index contributed by atoms with van der Waals surface area (Å²) in [7, 11) is 0. The number of aromatic nitrogens is 5. The molecule has 3 heterocycles. The van der Waals surface area contributed by atoms with Crippen molar-refractivity contribution in [1.29, 1.82) is 0 Å². The Kier molecular flexibility index (Phi) is 2.65. The Balaban J connectivity index is 1.75. The minimum absolute atomic E-state index is 0.0942. The highest BCUT2D eigenvalue weighted by molar-refractivity contribution is 7.12. The topological polar surface area (TPSA) is 87.3 Å². The third kappa shape index (κ3) is 1.95. The van der Waals surface area contributed by atoms with Gasteiger partial charge in [0.25, 0.3) is 0 Å². The van der Waals surface area contributed by atoms with Gasteiger partial charge in [0.15, 0.2) is 10.8 Å². The van der Waals surface area contributed by atoms with Gasteiger partial charge in [-0.3, -0.25) is 9.89 Å². The number of para-hydroxylation sites is 1. The lowest BCUT2D eigenvalue weighted by atomic mass is 10.1. The number of aromatic amines is 2. The lowest BCUT2D eigenvalue weighted by molar-refractivity contribution is 0.104. The number of hydrogen-bond donors (Lipinski definition) is 2. The van der Waals surface area contributed by atoms with E-state index < -0.39 is 0 Å². The first kappa shape index (κ1) is 12.0. The summed E-state index contributed by atoms with van der Waals surface area (Å²) in [5.41, 5.74) is 2.19. The summed E-state index contributed by atoms with van der Waals surface area (Å²) in [6, 6.07) is 7.70. The summed E-state index contributed by atoms with van der Waals surface area (Å²) in [4.78, 5) is 24.1. The number of carbonyl (C=O) groups is 1. The van der Waals surface area contributed by atoms with Gasteiger partial charge in [-0.1, -0.05) is 18.2 Å².